The normalized spacial score (nSPS) is 12.3. The number of nitrogens with zero attached hydrogens (tertiary/aromatic N) is 1. The first kappa shape index (κ1) is 11.9. The quantitative estimate of drug-likeness (QED) is 0.863. The van der Waals surface area contributed by atoms with E-state index in [0.717, 1.165) is 11.3 Å². The van der Waals surface area contributed by atoms with Gasteiger partial charge in [-0.15, -0.1) is 0 Å². The Balaban J connectivity index is 3.01. The van der Waals surface area contributed by atoms with Gasteiger partial charge in [0, 0.05) is 17.8 Å². The lowest BCUT2D eigenvalue weighted by molar-refractivity contribution is -0.138. The standard InChI is InChI=1S/C11H14ClNO2/c1-7-6-9(12)4-5-10(7)13(3)8(2)11(14)15/h4-6,8H,1-3H3,(H,14,15). The van der Waals surface area contributed by atoms with Gasteiger partial charge >= 0.3 is 5.97 Å². The molecule has 4 heteroatoms. The number of rotatable bonds is 3. The zero-order valence-corrected chi connectivity index (χ0v) is 9.75. The molecule has 1 aromatic rings. The summed E-state index contributed by atoms with van der Waals surface area (Å²) in [6.45, 7) is 3.56. The van der Waals surface area contributed by atoms with Crippen molar-refractivity contribution in [3.8, 4) is 0 Å². The van der Waals surface area contributed by atoms with Gasteiger partial charge in [0.15, 0.2) is 0 Å². The Kier molecular flexibility index (Phi) is 3.58. The lowest BCUT2D eigenvalue weighted by Crippen LogP contribution is -2.36. The van der Waals surface area contributed by atoms with Crippen LogP contribution < -0.4 is 4.90 Å². The van der Waals surface area contributed by atoms with Gasteiger partial charge in [-0.2, -0.15) is 0 Å². The first-order chi connectivity index (χ1) is 6.93. The molecule has 82 valence electrons. The van der Waals surface area contributed by atoms with Crippen molar-refractivity contribution in [2.24, 2.45) is 0 Å². The molecular weight excluding hydrogens is 214 g/mol. The molecule has 1 atom stereocenters. The summed E-state index contributed by atoms with van der Waals surface area (Å²) in [5.41, 5.74) is 1.85. The van der Waals surface area contributed by atoms with E-state index in [1.165, 1.54) is 0 Å². The summed E-state index contributed by atoms with van der Waals surface area (Å²) in [4.78, 5) is 12.5. The van der Waals surface area contributed by atoms with Crippen LogP contribution in [0.4, 0.5) is 5.69 Å². The Morgan fingerprint density at radius 2 is 2.13 bits per heavy atom. The molecule has 1 N–H and O–H groups in total. The minimum Gasteiger partial charge on any atom is -0.480 e. The zero-order valence-electron chi connectivity index (χ0n) is 8.99. The minimum atomic E-state index is -0.841. The lowest BCUT2D eigenvalue weighted by atomic mass is 10.1. The van der Waals surface area contributed by atoms with Gasteiger partial charge in [0.1, 0.15) is 6.04 Å². The molecule has 15 heavy (non-hydrogen) atoms. The van der Waals surface area contributed by atoms with Crippen LogP contribution in [0.1, 0.15) is 12.5 Å². The first-order valence-electron chi connectivity index (χ1n) is 4.65. The van der Waals surface area contributed by atoms with Crippen LogP contribution in [0, 0.1) is 6.92 Å². The fourth-order valence-corrected chi connectivity index (χ4v) is 1.62. The summed E-state index contributed by atoms with van der Waals surface area (Å²) in [7, 11) is 1.76. The number of hydrogen-bond donors (Lipinski definition) is 1. The highest BCUT2D eigenvalue weighted by molar-refractivity contribution is 6.30. The van der Waals surface area contributed by atoms with Crippen molar-refractivity contribution in [1.82, 2.24) is 0 Å². The minimum absolute atomic E-state index is 0.551. The Morgan fingerprint density at radius 3 is 2.60 bits per heavy atom. The van der Waals surface area contributed by atoms with E-state index in [2.05, 4.69) is 0 Å². The number of benzene rings is 1. The van der Waals surface area contributed by atoms with Crippen LogP contribution in [-0.2, 0) is 4.79 Å². The van der Waals surface area contributed by atoms with Gasteiger partial charge in [0.2, 0.25) is 0 Å². The van der Waals surface area contributed by atoms with Crippen molar-refractivity contribution in [1.29, 1.82) is 0 Å². The molecule has 0 aromatic heterocycles. The number of carbonyl (C=O) groups is 1. The van der Waals surface area contributed by atoms with Crippen molar-refractivity contribution in [3.63, 3.8) is 0 Å². The Hall–Kier alpha value is -1.22. The molecule has 0 aliphatic rings. The summed E-state index contributed by atoms with van der Waals surface area (Å²) in [5.74, 6) is -0.841. The number of halogens is 1. The number of anilines is 1. The van der Waals surface area contributed by atoms with Crippen LogP contribution in [0.2, 0.25) is 5.02 Å². The largest absolute Gasteiger partial charge is 0.480 e. The molecule has 0 aliphatic carbocycles. The predicted octanol–water partition coefficient (Wildman–Crippen LogP) is 2.56. The summed E-state index contributed by atoms with van der Waals surface area (Å²) in [6.07, 6.45) is 0. The van der Waals surface area contributed by atoms with Crippen molar-refractivity contribution in [2.75, 3.05) is 11.9 Å². The maximum atomic E-state index is 10.8. The molecule has 1 aromatic carbocycles. The lowest BCUT2D eigenvalue weighted by Gasteiger charge is -2.25. The molecular formula is C11H14ClNO2. The van der Waals surface area contributed by atoms with E-state index in [1.807, 2.05) is 19.1 Å². The molecule has 1 rings (SSSR count). The second-order valence-electron chi connectivity index (χ2n) is 3.56. The Labute approximate surface area is 94.3 Å². The number of aryl methyl sites for hydroxylation is 1. The van der Waals surface area contributed by atoms with E-state index in [0.29, 0.717) is 5.02 Å². The van der Waals surface area contributed by atoms with E-state index in [4.69, 9.17) is 16.7 Å². The Bertz CT molecular complexity index is 379. The van der Waals surface area contributed by atoms with Crippen LogP contribution in [0.25, 0.3) is 0 Å². The molecule has 0 saturated heterocycles. The fraction of sp³-hybridized carbons (Fsp3) is 0.364. The number of likely N-dealkylation sites (N-methyl/N-ethyl adjacent to an activating group) is 1. The molecule has 0 bridgehead atoms. The highest BCUT2D eigenvalue weighted by Gasteiger charge is 2.18. The van der Waals surface area contributed by atoms with E-state index in [-0.39, 0.29) is 0 Å². The third-order valence-corrected chi connectivity index (χ3v) is 2.71. The number of aliphatic carboxylic acids is 1. The fourth-order valence-electron chi connectivity index (χ4n) is 1.39. The van der Waals surface area contributed by atoms with Crippen LogP contribution in [-0.4, -0.2) is 24.2 Å². The van der Waals surface area contributed by atoms with Crippen molar-refractivity contribution in [2.45, 2.75) is 19.9 Å². The molecule has 3 nitrogen and oxygen atoms in total. The second-order valence-corrected chi connectivity index (χ2v) is 3.99. The number of carboxylic acid groups (broad SMARTS) is 1. The van der Waals surface area contributed by atoms with Crippen molar-refractivity contribution < 1.29 is 9.90 Å². The predicted molar refractivity (Wildman–Crippen MR) is 61.7 cm³/mol. The average Bonchev–Trinajstić information content (AvgIpc) is 2.15. The smallest absolute Gasteiger partial charge is 0.326 e. The van der Waals surface area contributed by atoms with Gasteiger partial charge < -0.3 is 10.0 Å². The third kappa shape index (κ3) is 2.63. The number of hydrogen-bond acceptors (Lipinski definition) is 2. The topological polar surface area (TPSA) is 40.5 Å². The molecule has 0 aliphatic heterocycles. The van der Waals surface area contributed by atoms with Crippen LogP contribution in [0.5, 0.6) is 0 Å². The summed E-state index contributed by atoms with van der Waals surface area (Å²) >= 11 is 5.83. The zero-order chi connectivity index (χ0) is 11.6. The highest BCUT2D eigenvalue weighted by atomic mass is 35.5. The van der Waals surface area contributed by atoms with Gasteiger partial charge in [0.25, 0.3) is 0 Å². The molecule has 0 heterocycles. The maximum Gasteiger partial charge on any atom is 0.326 e. The van der Waals surface area contributed by atoms with Crippen LogP contribution >= 0.6 is 11.6 Å². The molecule has 0 fully saturated rings. The molecule has 0 amide bonds. The second kappa shape index (κ2) is 4.53. The van der Waals surface area contributed by atoms with Gasteiger partial charge in [-0.1, -0.05) is 11.6 Å². The van der Waals surface area contributed by atoms with Crippen LogP contribution in [0.15, 0.2) is 18.2 Å². The molecule has 1 unspecified atom stereocenters. The first-order valence-corrected chi connectivity index (χ1v) is 5.03. The number of carboxylic acids is 1. The van der Waals surface area contributed by atoms with E-state index < -0.39 is 12.0 Å². The Morgan fingerprint density at radius 1 is 1.53 bits per heavy atom. The molecule has 0 saturated carbocycles. The summed E-state index contributed by atoms with van der Waals surface area (Å²) in [6, 6.07) is 4.86. The SMILES string of the molecule is Cc1cc(Cl)ccc1N(C)C(C)C(=O)O. The third-order valence-electron chi connectivity index (χ3n) is 2.48. The van der Waals surface area contributed by atoms with Gasteiger partial charge in [-0.05, 0) is 37.6 Å². The van der Waals surface area contributed by atoms with E-state index >= 15 is 0 Å². The molecule has 0 radical (unpaired) electrons. The van der Waals surface area contributed by atoms with Crippen molar-refractivity contribution in [3.05, 3.63) is 28.8 Å². The average molecular weight is 228 g/mol. The van der Waals surface area contributed by atoms with E-state index in [1.54, 1.807) is 24.9 Å². The monoisotopic (exact) mass is 227 g/mol. The van der Waals surface area contributed by atoms with Crippen LogP contribution in [0.3, 0.4) is 0 Å². The van der Waals surface area contributed by atoms with Gasteiger partial charge in [-0.25, -0.2) is 4.79 Å². The van der Waals surface area contributed by atoms with Crippen molar-refractivity contribution >= 4 is 23.3 Å². The van der Waals surface area contributed by atoms with Gasteiger partial charge in [-0.3, -0.25) is 0 Å². The summed E-state index contributed by atoms with van der Waals surface area (Å²) in [5, 5.41) is 9.55. The summed E-state index contributed by atoms with van der Waals surface area (Å²) < 4.78 is 0. The van der Waals surface area contributed by atoms with E-state index in [9.17, 15) is 4.79 Å². The highest BCUT2D eigenvalue weighted by Crippen LogP contribution is 2.23. The molecule has 0 spiro atoms. The maximum absolute atomic E-state index is 10.8. The van der Waals surface area contributed by atoms with Gasteiger partial charge in [0.05, 0.1) is 0 Å².